The first kappa shape index (κ1) is 25.7. The van der Waals surface area contributed by atoms with E-state index in [9.17, 15) is 14.4 Å². The molecule has 6 nitrogen and oxygen atoms in total. The van der Waals surface area contributed by atoms with Gasteiger partial charge < -0.3 is 15.0 Å². The third-order valence-electron chi connectivity index (χ3n) is 5.30. The van der Waals surface area contributed by atoms with Gasteiger partial charge in [-0.2, -0.15) is 0 Å². The number of esters is 1. The van der Waals surface area contributed by atoms with Crippen LogP contribution in [0.15, 0.2) is 0 Å². The quantitative estimate of drug-likeness (QED) is 0.226. The molecule has 1 heterocycles. The number of carbonyl (C=O) groups is 3. The van der Waals surface area contributed by atoms with Crippen LogP contribution in [0.5, 0.6) is 0 Å². The molecule has 0 aliphatic carbocycles. The minimum absolute atomic E-state index is 0.0871. The van der Waals surface area contributed by atoms with Gasteiger partial charge in [0.15, 0.2) is 0 Å². The lowest BCUT2D eigenvalue weighted by Gasteiger charge is -2.34. The highest BCUT2D eigenvalue weighted by Crippen LogP contribution is 2.14. The SMILES string of the molecule is CCCCCCCCCCCCOC(=O)CC1C(=O)NCCN1C(=O)CCCCl. The molecule has 1 N–H and O–H groups in total. The van der Waals surface area contributed by atoms with Crippen molar-refractivity contribution in [2.75, 3.05) is 25.6 Å². The van der Waals surface area contributed by atoms with E-state index in [0.29, 0.717) is 38.4 Å². The molecule has 29 heavy (non-hydrogen) atoms. The topological polar surface area (TPSA) is 75.7 Å². The Kier molecular flexibility index (Phi) is 14.6. The fourth-order valence-electron chi connectivity index (χ4n) is 3.57. The van der Waals surface area contributed by atoms with Crippen LogP contribution in [0.4, 0.5) is 0 Å². The van der Waals surface area contributed by atoms with Gasteiger partial charge in [0.2, 0.25) is 11.8 Å². The van der Waals surface area contributed by atoms with Gasteiger partial charge >= 0.3 is 5.97 Å². The van der Waals surface area contributed by atoms with E-state index >= 15 is 0 Å². The van der Waals surface area contributed by atoms with Gasteiger partial charge in [0.25, 0.3) is 0 Å². The average molecular weight is 431 g/mol. The van der Waals surface area contributed by atoms with Gasteiger partial charge in [-0.15, -0.1) is 11.6 Å². The lowest BCUT2D eigenvalue weighted by atomic mass is 10.1. The number of hydrogen-bond donors (Lipinski definition) is 1. The number of nitrogens with zero attached hydrogens (tertiary/aromatic N) is 1. The van der Waals surface area contributed by atoms with Gasteiger partial charge in [-0.05, 0) is 12.8 Å². The summed E-state index contributed by atoms with van der Waals surface area (Å²) in [5, 5.41) is 2.72. The molecule has 1 rings (SSSR count). The molecule has 0 radical (unpaired) electrons. The summed E-state index contributed by atoms with van der Waals surface area (Å²) in [5.41, 5.74) is 0. The molecule has 0 bridgehead atoms. The lowest BCUT2D eigenvalue weighted by molar-refractivity contribution is -0.152. The van der Waals surface area contributed by atoms with E-state index in [4.69, 9.17) is 16.3 Å². The van der Waals surface area contributed by atoms with Crippen LogP contribution >= 0.6 is 11.6 Å². The maximum Gasteiger partial charge on any atom is 0.308 e. The van der Waals surface area contributed by atoms with Gasteiger partial charge in [0, 0.05) is 25.4 Å². The summed E-state index contributed by atoms with van der Waals surface area (Å²) in [4.78, 5) is 38.1. The number of ether oxygens (including phenoxy) is 1. The van der Waals surface area contributed by atoms with Crippen molar-refractivity contribution in [3.63, 3.8) is 0 Å². The molecular formula is C22H39ClN2O4. The summed E-state index contributed by atoms with van der Waals surface area (Å²) in [6.07, 6.45) is 13.0. The molecule has 0 saturated carbocycles. The van der Waals surface area contributed by atoms with Gasteiger partial charge in [-0.1, -0.05) is 64.7 Å². The van der Waals surface area contributed by atoms with Crippen LogP contribution in [-0.4, -0.2) is 54.3 Å². The van der Waals surface area contributed by atoms with Crippen molar-refractivity contribution in [1.29, 1.82) is 0 Å². The summed E-state index contributed by atoms with van der Waals surface area (Å²) >= 11 is 5.65. The first-order valence-corrected chi connectivity index (χ1v) is 11.9. The number of halogens is 1. The number of carbonyl (C=O) groups excluding carboxylic acids is 3. The minimum atomic E-state index is -0.771. The molecular weight excluding hydrogens is 392 g/mol. The second kappa shape index (κ2) is 16.5. The molecule has 2 amide bonds. The van der Waals surface area contributed by atoms with Gasteiger partial charge in [-0.25, -0.2) is 0 Å². The van der Waals surface area contributed by atoms with E-state index in [2.05, 4.69) is 12.2 Å². The maximum atomic E-state index is 12.3. The molecule has 0 aromatic heterocycles. The van der Waals surface area contributed by atoms with Gasteiger partial charge in [0.1, 0.15) is 6.04 Å². The van der Waals surface area contributed by atoms with Crippen LogP contribution in [0.25, 0.3) is 0 Å². The Morgan fingerprint density at radius 1 is 1.03 bits per heavy atom. The molecule has 0 aromatic carbocycles. The summed E-state index contributed by atoms with van der Waals surface area (Å²) in [5.74, 6) is -0.436. The Hall–Kier alpha value is -1.30. The van der Waals surface area contributed by atoms with Crippen molar-refractivity contribution in [1.82, 2.24) is 10.2 Å². The van der Waals surface area contributed by atoms with Crippen molar-refractivity contribution in [3.05, 3.63) is 0 Å². The fraction of sp³-hybridized carbons (Fsp3) is 0.864. The second-order valence-corrected chi connectivity index (χ2v) is 8.17. The van der Waals surface area contributed by atoms with Gasteiger partial charge in [0.05, 0.1) is 13.0 Å². The van der Waals surface area contributed by atoms with Crippen LogP contribution in [0.1, 0.15) is 90.4 Å². The monoisotopic (exact) mass is 430 g/mol. The minimum Gasteiger partial charge on any atom is -0.466 e. The third kappa shape index (κ3) is 11.5. The fourth-order valence-corrected chi connectivity index (χ4v) is 3.70. The van der Waals surface area contributed by atoms with E-state index in [-0.39, 0.29) is 18.2 Å². The standard InChI is InChI=1S/C22H39ClN2O4/c1-2-3-4-5-6-7-8-9-10-11-17-29-21(27)18-19-22(28)24-15-16-25(19)20(26)13-12-14-23/h19H,2-18H2,1H3,(H,24,28). The molecule has 1 fully saturated rings. The van der Waals surface area contributed by atoms with Crippen molar-refractivity contribution < 1.29 is 19.1 Å². The largest absolute Gasteiger partial charge is 0.466 e. The van der Waals surface area contributed by atoms with Gasteiger partial charge in [-0.3, -0.25) is 14.4 Å². The van der Waals surface area contributed by atoms with E-state index < -0.39 is 12.0 Å². The highest BCUT2D eigenvalue weighted by molar-refractivity contribution is 6.17. The second-order valence-electron chi connectivity index (χ2n) is 7.79. The molecule has 0 spiro atoms. The molecule has 168 valence electrons. The van der Waals surface area contributed by atoms with Crippen molar-refractivity contribution in [2.45, 2.75) is 96.4 Å². The smallest absolute Gasteiger partial charge is 0.308 e. The number of unbranched alkanes of at least 4 members (excludes halogenated alkanes) is 9. The maximum absolute atomic E-state index is 12.3. The zero-order chi connectivity index (χ0) is 21.3. The molecule has 7 heteroatoms. The Morgan fingerprint density at radius 2 is 1.66 bits per heavy atom. The molecule has 1 saturated heterocycles. The van der Waals surface area contributed by atoms with E-state index in [1.54, 1.807) is 0 Å². The first-order valence-electron chi connectivity index (χ1n) is 11.4. The Bertz CT molecular complexity index is 487. The summed E-state index contributed by atoms with van der Waals surface area (Å²) in [7, 11) is 0. The third-order valence-corrected chi connectivity index (χ3v) is 5.56. The Morgan fingerprint density at radius 3 is 2.28 bits per heavy atom. The molecule has 1 unspecified atom stereocenters. The zero-order valence-corrected chi connectivity index (χ0v) is 18.8. The highest BCUT2D eigenvalue weighted by atomic mass is 35.5. The molecule has 1 aliphatic heterocycles. The predicted octanol–water partition coefficient (Wildman–Crippen LogP) is 4.19. The van der Waals surface area contributed by atoms with Crippen LogP contribution in [0, 0.1) is 0 Å². The summed E-state index contributed by atoms with van der Waals surface area (Å²) in [6.45, 7) is 3.44. The Balaban J connectivity index is 2.17. The van der Waals surface area contributed by atoms with Crippen LogP contribution < -0.4 is 5.32 Å². The highest BCUT2D eigenvalue weighted by Gasteiger charge is 2.34. The lowest BCUT2D eigenvalue weighted by Crippen LogP contribution is -2.57. The van der Waals surface area contributed by atoms with Crippen molar-refractivity contribution in [3.8, 4) is 0 Å². The molecule has 1 aliphatic rings. The normalized spacial score (nSPS) is 16.6. The van der Waals surface area contributed by atoms with Crippen LogP contribution in [0.3, 0.4) is 0 Å². The summed E-state index contributed by atoms with van der Waals surface area (Å²) in [6, 6.07) is -0.771. The first-order chi connectivity index (χ1) is 14.1. The number of amides is 2. The number of piperazine rings is 1. The van der Waals surface area contributed by atoms with Crippen LogP contribution in [0.2, 0.25) is 0 Å². The average Bonchev–Trinajstić information content (AvgIpc) is 2.71. The number of alkyl halides is 1. The van der Waals surface area contributed by atoms with Crippen molar-refractivity contribution >= 4 is 29.4 Å². The zero-order valence-electron chi connectivity index (χ0n) is 18.1. The Labute approximate surface area is 181 Å². The van der Waals surface area contributed by atoms with E-state index in [1.807, 2.05) is 0 Å². The van der Waals surface area contributed by atoms with E-state index in [0.717, 1.165) is 12.8 Å². The number of rotatable bonds is 16. The van der Waals surface area contributed by atoms with E-state index in [1.165, 1.54) is 56.3 Å². The molecule has 1 atom stereocenters. The number of nitrogens with one attached hydrogen (secondary N) is 1. The van der Waals surface area contributed by atoms with Crippen molar-refractivity contribution in [2.24, 2.45) is 0 Å². The number of hydrogen-bond acceptors (Lipinski definition) is 4. The molecule has 0 aromatic rings. The predicted molar refractivity (Wildman–Crippen MR) is 116 cm³/mol. The summed E-state index contributed by atoms with van der Waals surface area (Å²) < 4.78 is 5.30. The van der Waals surface area contributed by atoms with Crippen LogP contribution in [-0.2, 0) is 19.1 Å².